The van der Waals surface area contributed by atoms with Crippen molar-refractivity contribution in [1.29, 1.82) is 0 Å². The molecule has 100 valence electrons. The van der Waals surface area contributed by atoms with Gasteiger partial charge in [-0.05, 0) is 42.4 Å². The largest absolute Gasteiger partial charge is 0.351 e. The minimum atomic E-state index is -0.0522. The summed E-state index contributed by atoms with van der Waals surface area (Å²) >= 11 is 0. The molecule has 4 nitrogen and oxygen atoms in total. The third kappa shape index (κ3) is 2.35. The van der Waals surface area contributed by atoms with E-state index in [4.69, 9.17) is 0 Å². The third-order valence-corrected chi connectivity index (χ3v) is 4.33. The Morgan fingerprint density at radius 3 is 2.89 bits per heavy atom. The van der Waals surface area contributed by atoms with Crippen molar-refractivity contribution in [2.24, 2.45) is 5.41 Å². The normalized spacial score (nSPS) is 18.7. The van der Waals surface area contributed by atoms with Crippen molar-refractivity contribution in [3.63, 3.8) is 0 Å². The van der Waals surface area contributed by atoms with Crippen molar-refractivity contribution in [3.05, 3.63) is 29.3 Å². The standard InChI is InChI=1S/C15H18N2O2/c1-2-15(5-6-15)9-16-14(19)11-4-3-10-8-13(18)17-12(10)7-11/h3-4,7H,2,5-6,8-9H2,1H3,(H,16,19)(H,17,18). The molecule has 0 atom stereocenters. The molecule has 1 heterocycles. The minimum absolute atomic E-state index is 0.00419. The fraction of sp³-hybridized carbons (Fsp3) is 0.467. The molecule has 19 heavy (non-hydrogen) atoms. The summed E-state index contributed by atoms with van der Waals surface area (Å²) < 4.78 is 0. The van der Waals surface area contributed by atoms with Gasteiger partial charge in [-0.15, -0.1) is 0 Å². The molecule has 0 spiro atoms. The number of amides is 2. The van der Waals surface area contributed by atoms with Crippen molar-refractivity contribution >= 4 is 17.5 Å². The van der Waals surface area contributed by atoms with Crippen molar-refractivity contribution in [2.75, 3.05) is 11.9 Å². The number of anilines is 1. The Bertz CT molecular complexity index is 547. The molecular weight excluding hydrogens is 240 g/mol. The Hall–Kier alpha value is -1.84. The Morgan fingerprint density at radius 1 is 1.42 bits per heavy atom. The van der Waals surface area contributed by atoms with Crippen LogP contribution in [-0.4, -0.2) is 18.4 Å². The first-order valence-electron chi connectivity index (χ1n) is 6.83. The summed E-state index contributed by atoms with van der Waals surface area (Å²) in [6.45, 7) is 2.93. The molecular formula is C15H18N2O2. The highest BCUT2D eigenvalue weighted by atomic mass is 16.2. The molecule has 0 bridgehead atoms. The van der Waals surface area contributed by atoms with Gasteiger partial charge in [-0.2, -0.15) is 0 Å². The summed E-state index contributed by atoms with van der Waals surface area (Å²) in [4.78, 5) is 23.4. The summed E-state index contributed by atoms with van der Waals surface area (Å²) in [5, 5.41) is 5.77. The summed E-state index contributed by atoms with van der Waals surface area (Å²) in [5.41, 5.74) is 2.71. The number of carbonyl (C=O) groups excluding carboxylic acids is 2. The van der Waals surface area contributed by atoms with Crippen LogP contribution in [0.1, 0.15) is 42.1 Å². The summed E-state index contributed by atoms with van der Waals surface area (Å²) in [6.07, 6.45) is 3.96. The lowest BCUT2D eigenvalue weighted by Gasteiger charge is -2.13. The molecule has 1 saturated carbocycles. The van der Waals surface area contributed by atoms with E-state index in [9.17, 15) is 9.59 Å². The van der Waals surface area contributed by atoms with E-state index in [0.29, 0.717) is 17.4 Å². The van der Waals surface area contributed by atoms with Gasteiger partial charge in [-0.3, -0.25) is 9.59 Å². The molecule has 1 aliphatic carbocycles. The monoisotopic (exact) mass is 258 g/mol. The summed E-state index contributed by atoms with van der Waals surface area (Å²) in [7, 11) is 0. The molecule has 1 aromatic carbocycles. The smallest absolute Gasteiger partial charge is 0.251 e. The predicted octanol–water partition coefficient (Wildman–Crippen LogP) is 2.10. The second-order valence-electron chi connectivity index (χ2n) is 5.63. The van der Waals surface area contributed by atoms with Crippen LogP contribution in [0.4, 0.5) is 5.69 Å². The Labute approximate surface area is 112 Å². The second kappa shape index (κ2) is 4.37. The first-order valence-corrected chi connectivity index (χ1v) is 6.83. The van der Waals surface area contributed by atoms with Crippen molar-refractivity contribution in [2.45, 2.75) is 32.6 Å². The van der Waals surface area contributed by atoms with Crippen LogP contribution in [-0.2, 0) is 11.2 Å². The molecule has 1 fully saturated rings. The van der Waals surface area contributed by atoms with Gasteiger partial charge in [0.1, 0.15) is 0 Å². The van der Waals surface area contributed by atoms with Crippen molar-refractivity contribution < 1.29 is 9.59 Å². The van der Waals surface area contributed by atoms with Gasteiger partial charge in [0.25, 0.3) is 5.91 Å². The van der Waals surface area contributed by atoms with E-state index in [1.54, 1.807) is 12.1 Å². The number of rotatable bonds is 4. The van der Waals surface area contributed by atoms with E-state index in [0.717, 1.165) is 24.2 Å². The van der Waals surface area contributed by atoms with Gasteiger partial charge in [-0.25, -0.2) is 0 Å². The summed E-state index contributed by atoms with van der Waals surface area (Å²) in [6, 6.07) is 5.41. The highest BCUT2D eigenvalue weighted by Gasteiger charge is 2.40. The highest BCUT2D eigenvalue weighted by Crippen LogP contribution is 2.47. The predicted molar refractivity (Wildman–Crippen MR) is 73.1 cm³/mol. The lowest BCUT2D eigenvalue weighted by molar-refractivity contribution is -0.115. The molecule has 2 amide bonds. The van der Waals surface area contributed by atoms with Crippen molar-refractivity contribution in [3.8, 4) is 0 Å². The molecule has 2 aliphatic rings. The quantitative estimate of drug-likeness (QED) is 0.869. The maximum absolute atomic E-state index is 12.1. The maximum atomic E-state index is 12.1. The zero-order valence-electron chi connectivity index (χ0n) is 11.1. The van der Waals surface area contributed by atoms with E-state index in [1.165, 1.54) is 12.8 Å². The SMILES string of the molecule is CCC1(CNC(=O)c2ccc3c(c2)NC(=O)C3)CC1. The van der Waals surface area contributed by atoms with E-state index in [1.807, 2.05) is 6.07 Å². The molecule has 0 radical (unpaired) electrons. The number of fused-ring (bicyclic) bond motifs is 1. The molecule has 4 heteroatoms. The van der Waals surface area contributed by atoms with Gasteiger partial charge in [0.15, 0.2) is 0 Å². The van der Waals surface area contributed by atoms with Crippen LogP contribution in [0.25, 0.3) is 0 Å². The fourth-order valence-electron chi connectivity index (χ4n) is 2.56. The lowest BCUT2D eigenvalue weighted by Crippen LogP contribution is -2.29. The van der Waals surface area contributed by atoms with Crippen LogP contribution in [0.3, 0.4) is 0 Å². The van der Waals surface area contributed by atoms with Crippen molar-refractivity contribution in [1.82, 2.24) is 5.32 Å². The van der Waals surface area contributed by atoms with E-state index >= 15 is 0 Å². The topological polar surface area (TPSA) is 58.2 Å². The highest BCUT2D eigenvalue weighted by molar-refractivity contribution is 6.02. The van der Waals surface area contributed by atoms with E-state index in [-0.39, 0.29) is 11.8 Å². The average molecular weight is 258 g/mol. The van der Waals surface area contributed by atoms with Crippen LogP contribution >= 0.6 is 0 Å². The number of carbonyl (C=O) groups is 2. The second-order valence-corrected chi connectivity index (χ2v) is 5.63. The molecule has 2 N–H and O–H groups in total. The van der Waals surface area contributed by atoms with Gasteiger partial charge in [0, 0.05) is 17.8 Å². The zero-order chi connectivity index (χ0) is 13.5. The van der Waals surface area contributed by atoms with E-state index < -0.39 is 0 Å². The molecule has 1 aromatic rings. The molecule has 0 aromatic heterocycles. The lowest BCUT2D eigenvalue weighted by atomic mass is 10.0. The molecule has 0 unspecified atom stereocenters. The fourth-order valence-corrected chi connectivity index (χ4v) is 2.56. The molecule has 3 rings (SSSR count). The molecule has 0 saturated heterocycles. The van der Waals surface area contributed by atoms with Crippen LogP contribution in [0.5, 0.6) is 0 Å². The van der Waals surface area contributed by atoms with Gasteiger partial charge < -0.3 is 10.6 Å². The van der Waals surface area contributed by atoms with Crippen LogP contribution in [0, 0.1) is 5.41 Å². The first kappa shape index (κ1) is 12.2. The van der Waals surface area contributed by atoms with Crippen LogP contribution in [0.2, 0.25) is 0 Å². The maximum Gasteiger partial charge on any atom is 0.251 e. The Morgan fingerprint density at radius 2 is 2.21 bits per heavy atom. The third-order valence-electron chi connectivity index (χ3n) is 4.33. The van der Waals surface area contributed by atoms with E-state index in [2.05, 4.69) is 17.6 Å². The van der Waals surface area contributed by atoms with Gasteiger partial charge in [-0.1, -0.05) is 13.0 Å². The average Bonchev–Trinajstić information content (AvgIpc) is 3.10. The van der Waals surface area contributed by atoms with Gasteiger partial charge in [0.2, 0.25) is 5.91 Å². The minimum Gasteiger partial charge on any atom is -0.351 e. The van der Waals surface area contributed by atoms with Gasteiger partial charge in [0.05, 0.1) is 6.42 Å². The number of nitrogens with one attached hydrogen (secondary N) is 2. The number of benzene rings is 1. The molecule has 1 aliphatic heterocycles. The van der Waals surface area contributed by atoms with Crippen LogP contribution < -0.4 is 10.6 Å². The summed E-state index contributed by atoms with van der Waals surface area (Å²) in [5.74, 6) is -0.0563. The first-order chi connectivity index (χ1) is 9.12. The zero-order valence-corrected chi connectivity index (χ0v) is 11.1. The number of hydrogen-bond donors (Lipinski definition) is 2. The van der Waals surface area contributed by atoms with Gasteiger partial charge >= 0.3 is 0 Å². The Kier molecular flexibility index (Phi) is 2.81. The Balaban J connectivity index is 1.67. The van der Waals surface area contributed by atoms with Crippen LogP contribution in [0.15, 0.2) is 18.2 Å². The number of hydrogen-bond acceptors (Lipinski definition) is 2.